The molecule has 1 aromatic rings. The molecule has 1 rings (SSSR count). The van der Waals surface area contributed by atoms with Crippen LogP contribution in [0.2, 0.25) is 0 Å². The van der Waals surface area contributed by atoms with Crippen LogP contribution >= 0.6 is 12.4 Å². The van der Waals surface area contributed by atoms with Gasteiger partial charge in [0.2, 0.25) is 0 Å². The summed E-state index contributed by atoms with van der Waals surface area (Å²) in [5.41, 5.74) is 2.45. The van der Waals surface area contributed by atoms with E-state index in [1.165, 1.54) is 12.0 Å². The fourth-order valence-electron chi connectivity index (χ4n) is 1.36. The van der Waals surface area contributed by atoms with Gasteiger partial charge < -0.3 is 5.32 Å². The van der Waals surface area contributed by atoms with Gasteiger partial charge in [0, 0.05) is 24.3 Å². The third-order valence-electron chi connectivity index (χ3n) is 2.29. The van der Waals surface area contributed by atoms with E-state index in [0.29, 0.717) is 6.04 Å². The van der Waals surface area contributed by atoms with Crippen LogP contribution in [0.1, 0.15) is 44.5 Å². The standard InChI is InChI=1S/C11H21N3.ClH/c1-5-6-12-7-11-8-14(9(2)3)13-10(11)4;/h8-9,12H,5-7H2,1-4H3;1H. The monoisotopic (exact) mass is 231 g/mol. The van der Waals surface area contributed by atoms with E-state index in [2.05, 4.69) is 44.3 Å². The third kappa shape index (κ3) is 4.22. The molecule has 0 atom stereocenters. The molecule has 0 saturated heterocycles. The highest BCUT2D eigenvalue weighted by Crippen LogP contribution is 2.09. The Kier molecular flexibility index (Phi) is 6.61. The Labute approximate surface area is 98.7 Å². The molecule has 88 valence electrons. The van der Waals surface area contributed by atoms with Crippen molar-refractivity contribution in [1.82, 2.24) is 15.1 Å². The number of aromatic nitrogens is 2. The molecule has 0 aliphatic heterocycles. The molecule has 15 heavy (non-hydrogen) atoms. The lowest BCUT2D eigenvalue weighted by molar-refractivity contribution is 0.528. The smallest absolute Gasteiger partial charge is 0.0638 e. The molecule has 0 aliphatic rings. The molecule has 0 fully saturated rings. The van der Waals surface area contributed by atoms with Crippen LogP contribution < -0.4 is 5.32 Å². The summed E-state index contributed by atoms with van der Waals surface area (Å²) in [5.74, 6) is 0. The Morgan fingerprint density at radius 3 is 2.60 bits per heavy atom. The lowest BCUT2D eigenvalue weighted by Crippen LogP contribution is -2.13. The Morgan fingerprint density at radius 2 is 2.13 bits per heavy atom. The maximum atomic E-state index is 4.47. The van der Waals surface area contributed by atoms with Gasteiger partial charge in [0.15, 0.2) is 0 Å². The Morgan fingerprint density at radius 1 is 1.47 bits per heavy atom. The Bertz CT molecular complexity index is 281. The van der Waals surface area contributed by atoms with E-state index >= 15 is 0 Å². The van der Waals surface area contributed by atoms with Crippen LogP contribution in [-0.4, -0.2) is 16.3 Å². The Hall–Kier alpha value is -0.540. The summed E-state index contributed by atoms with van der Waals surface area (Å²) in [6.07, 6.45) is 3.32. The molecule has 1 aromatic heterocycles. The summed E-state index contributed by atoms with van der Waals surface area (Å²) in [6, 6.07) is 0.452. The average Bonchev–Trinajstić information content (AvgIpc) is 2.49. The van der Waals surface area contributed by atoms with Gasteiger partial charge in [0.25, 0.3) is 0 Å². The fraction of sp³-hybridized carbons (Fsp3) is 0.727. The van der Waals surface area contributed by atoms with Crippen LogP contribution in [0.4, 0.5) is 0 Å². The minimum absolute atomic E-state index is 0. The van der Waals surface area contributed by atoms with E-state index in [9.17, 15) is 0 Å². The summed E-state index contributed by atoms with van der Waals surface area (Å²) in [7, 11) is 0. The summed E-state index contributed by atoms with van der Waals surface area (Å²) < 4.78 is 2.03. The molecular weight excluding hydrogens is 210 g/mol. The fourth-order valence-corrected chi connectivity index (χ4v) is 1.36. The molecule has 0 bridgehead atoms. The molecule has 0 radical (unpaired) electrons. The first-order chi connectivity index (χ1) is 6.65. The second-order valence-corrected chi connectivity index (χ2v) is 3.99. The summed E-state index contributed by atoms with van der Waals surface area (Å²) in [6.45, 7) is 10.6. The van der Waals surface area contributed by atoms with Crippen LogP contribution in [0.3, 0.4) is 0 Å². The van der Waals surface area contributed by atoms with Crippen LogP contribution in [-0.2, 0) is 6.54 Å². The largest absolute Gasteiger partial charge is 0.313 e. The summed E-state index contributed by atoms with van der Waals surface area (Å²) >= 11 is 0. The second-order valence-electron chi connectivity index (χ2n) is 3.99. The number of nitrogens with zero attached hydrogens (tertiary/aromatic N) is 2. The third-order valence-corrected chi connectivity index (χ3v) is 2.29. The highest BCUT2D eigenvalue weighted by molar-refractivity contribution is 5.85. The van der Waals surface area contributed by atoms with E-state index in [1.54, 1.807) is 0 Å². The van der Waals surface area contributed by atoms with Crippen molar-refractivity contribution in [2.75, 3.05) is 6.54 Å². The second kappa shape index (κ2) is 6.85. The van der Waals surface area contributed by atoms with E-state index in [0.717, 1.165) is 18.8 Å². The molecule has 3 nitrogen and oxygen atoms in total. The summed E-state index contributed by atoms with van der Waals surface area (Å²) in [4.78, 5) is 0. The molecule has 0 aromatic carbocycles. The van der Waals surface area contributed by atoms with Crippen LogP contribution in [0.5, 0.6) is 0 Å². The van der Waals surface area contributed by atoms with Crippen molar-refractivity contribution in [1.29, 1.82) is 0 Å². The first-order valence-corrected chi connectivity index (χ1v) is 5.40. The van der Waals surface area contributed by atoms with Crippen molar-refractivity contribution in [3.8, 4) is 0 Å². The van der Waals surface area contributed by atoms with Crippen molar-refractivity contribution in [3.63, 3.8) is 0 Å². The lowest BCUT2D eigenvalue weighted by atomic mass is 10.2. The first-order valence-electron chi connectivity index (χ1n) is 5.40. The van der Waals surface area contributed by atoms with E-state index in [4.69, 9.17) is 0 Å². The van der Waals surface area contributed by atoms with Gasteiger partial charge in [-0.1, -0.05) is 6.92 Å². The van der Waals surface area contributed by atoms with Gasteiger partial charge in [0.1, 0.15) is 0 Å². The molecule has 0 amide bonds. The maximum absolute atomic E-state index is 4.47. The number of hydrogen-bond donors (Lipinski definition) is 1. The molecule has 0 spiro atoms. The molecular formula is C11H22ClN3. The van der Waals surface area contributed by atoms with Crippen LogP contribution in [0.15, 0.2) is 6.20 Å². The minimum Gasteiger partial charge on any atom is -0.313 e. The van der Waals surface area contributed by atoms with Crippen molar-refractivity contribution < 1.29 is 0 Å². The SMILES string of the molecule is CCCNCc1cn(C(C)C)nc1C.Cl. The molecule has 1 heterocycles. The zero-order valence-electron chi connectivity index (χ0n) is 10.1. The zero-order valence-corrected chi connectivity index (χ0v) is 10.9. The van der Waals surface area contributed by atoms with Gasteiger partial charge in [-0.3, -0.25) is 4.68 Å². The summed E-state index contributed by atoms with van der Waals surface area (Å²) in [5, 5.41) is 7.86. The predicted molar refractivity (Wildman–Crippen MR) is 66.6 cm³/mol. The average molecular weight is 232 g/mol. The van der Waals surface area contributed by atoms with Crippen molar-refractivity contribution >= 4 is 12.4 Å². The van der Waals surface area contributed by atoms with Crippen molar-refractivity contribution in [2.24, 2.45) is 0 Å². The normalized spacial score (nSPS) is 10.5. The van der Waals surface area contributed by atoms with Crippen molar-refractivity contribution in [3.05, 3.63) is 17.5 Å². The van der Waals surface area contributed by atoms with Crippen LogP contribution in [0, 0.1) is 6.92 Å². The Balaban J connectivity index is 0.00000196. The number of aryl methyl sites for hydroxylation is 1. The highest BCUT2D eigenvalue weighted by atomic mass is 35.5. The van der Waals surface area contributed by atoms with Gasteiger partial charge in [-0.25, -0.2) is 0 Å². The zero-order chi connectivity index (χ0) is 10.6. The highest BCUT2D eigenvalue weighted by Gasteiger charge is 2.05. The molecule has 0 unspecified atom stereocenters. The molecule has 1 N–H and O–H groups in total. The van der Waals surface area contributed by atoms with E-state index < -0.39 is 0 Å². The number of rotatable bonds is 5. The predicted octanol–water partition coefficient (Wildman–Crippen LogP) is 2.69. The molecule has 0 aliphatic carbocycles. The maximum Gasteiger partial charge on any atom is 0.0638 e. The van der Waals surface area contributed by atoms with Gasteiger partial charge in [-0.2, -0.15) is 5.10 Å². The quantitative estimate of drug-likeness (QED) is 0.790. The molecule has 4 heteroatoms. The van der Waals surface area contributed by atoms with Crippen molar-refractivity contribution in [2.45, 2.75) is 46.7 Å². The van der Waals surface area contributed by atoms with E-state index in [-0.39, 0.29) is 12.4 Å². The van der Waals surface area contributed by atoms with Gasteiger partial charge in [-0.15, -0.1) is 12.4 Å². The van der Waals surface area contributed by atoms with Gasteiger partial charge in [-0.05, 0) is 33.7 Å². The van der Waals surface area contributed by atoms with Gasteiger partial charge in [0.05, 0.1) is 5.69 Å². The van der Waals surface area contributed by atoms with E-state index in [1.807, 2.05) is 4.68 Å². The number of nitrogens with one attached hydrogen (secondary N) is 1. The van der Waals surface area contributed by atoms with Gasteiger partial charge >= 0.3 is 0 Å². The lowest BCUT2D eigenvalue weighted by Gasteiger charge is -2.03. The first kappa shape index (κ1) is 14.5. The minimum atomic E-state index is 0. The van der Waals surface area contributed by atoms with Crippen LogP contribution in [0.25, 0.3) is 0 Å². The molecule has 0 saturated carbocycles. The topological polar surface area (TPSA) is 29.9 Å². The number of hydrogen-bond acceptors (Lipinski definition) is 2. The number of halogens is 1.